The first-order chi connectivity index (χ1) is 14.1. The van der Waals surface area contributed by atoms with Crippen LogP contribution in [-0.4, -0.2) is 28.7 Å². The number of Topliss-reactive ketones (excluding diaryl/α,β-unsaturated/α-hetero) is 1. The van der Waals surface area contributed by atoms with Crippen molar-refractivity contribution in [1.82, 2.24) is 9.78 Å². The van der Waals surface area contributed by atoms with E-state index >= 15 is 0 Å². The van der Waals surface area contributed by atoms with Gasteiger partial charge in [-0.25, -0.2) is 0 Å². The molecule has 0 aliphatic heterocycles. The van der Waals surface area contributed by atoms with Crippen LogP contribution in [0, 0.1) is 0 Å². The first-order valence-corrected chi connectivity index (χ1v) is 9.45. The van der Waals surface area contributed by atoms with Crippen molar-refractivity contribution in [2.24, 2.45) is 5.11 Å². The minimum atomic E-state index is -0.408. The Morgan fingerprint density at radius 1 is 1.24 bits per heavy atom. The molecular weight excluding hydrogens is 390 g/mol. The number of carbonyl (C=O) groups excluding carboxylic acids is 1. The summed E-state index contributed by atoms with van der Waals surface area (Å²) in [6, 6.07) is 18.3. The van der Waals surface area contributed by atoms with Gasteiger partial charge >= 0.3 is 0 Å². The summed E-state index contributed by atoms with van der Waals surface area (Å²) in [4.78, 5) is 15.1. The fourth-order valence-corrected chi connectivity index (χ4v) is 3.04. The molecule has 2 aromatic carbocycles. The highest BCUT2D eigenvalue weighted by Crippen LogP contribution is 2.24. The van der Waals surface area contributed by atoms with Gasteiger partial charge in [-0.3, -0.25) is 9.48 Å². The third-order valence-electron chi connectivity index (χ3n) is 4.36. The van der Waals surface area contributed by atoms with Gasteiger partial charge in [-0.2, -0.15) is 5.10 Å². The summed E-state index contributed by atoms with van der Waals surface area (Å²) < 4.78 is 7.42. The summed E-state index contributed by atoms with van der Waals surface area (Å²) in [5.41, 5.74) is 11.7. The van der Waals surface area contributed by atoms with Crippen LogP contribution in [0.15, 0.2) is 65.8 Å². The van der Waals surface area contributed by atoms with Crippen molar-refractivity contribution in [2.75, 3.05) is 13.2 Å². The molecule has 1 atom stereocenters. The van der Waals surface area contributed by atoms with E-state index in [0.29, 0.717) is 23.0 Å². The van der Waals surface area contributed by atoms with Crippen LogP contribution < -0.4 is 0 Å². The normalized spacial score (nSPS) is 11.7. The quantitative estimate of drug-likeness (QED) is 0.203. The van der Waals surface area contributed by atoms with Crippen LogP contribution in [0.2, 0.25) is 5.02 Å². The van der Waals surface area contributed by atoms with Gasteiger partial charge in [-0.05, 0) is 29.3 Å². The van der Waals surface area contributed by atoms with Gasteiger partial charge in [0, 0.05) is 22.4 Å². The average molecular weight is 410 g/mol. The molecule has 0 aliphatic carbocycles. The standard InChI is InChI=1S/C21H20ClN5O2/c1-15(28)21-11-20(17-7-9-18(22)10-8-17)25-27(21)19(12-24-26-23)14-29-13-16-5-3-2-4-6-16/h2-11,19H,12-14H2,1H3. The van der Waals surface area contributed by atoms with Gasteiger partial charge in [0.2, 0.25) is 0 Å². The molecule has 0 radical (unpaired) electrons. The molecule has 0 N–H and O–H groups in total. The molecule has 148 valence electrons. The molecule has 8 heteroatoms. The van der Waals surface area contributed by atoms with E-state index in [0.717, 1.165) is 11.1 Å². The molecule has 7 nitrogen and oxygen atoms in total. The molecule has 0 amide bonds. The number of nitrogens with zero attached hydrogens (tertiary/aromatic N) is 5. The highest BCUT2D eigenvalue weighted by Gasteiger charge is 2.20. The smallest absolute Gasteiger partial charge is 0.177 e. The summed E-state index contributed by atoms with van der Waals surface area (Å²) >= 11 is 5.96. The summed E-state index contributed by atoms with van der Waals surface area (Å²) in [5, 5.41) is 8.90. The summed E-state index contributed by atoms with van der Waals surface area (Å²) in [6.45, 7) is 2.26. The fraction of sp³-hybridized carbons (Fsp3) is 0.238. The van der Waals surface area contributed by atoms with Crippen molar-refractivity contribution in [2.45, 2.75) is 19.6 Å². The zero-order chi connectivity index (χ0) is 20.6. The SMILES string of the molecule is CC(=O)c1cc(-c2ccc(Cl)cc2)nn1C(CN=[N+]=[N-])COCc1ccccc1. The molecule has 0 aliphatic rings. The molecule has 0 fully saturated rings. The molecule has 3 rings (SSSR count). The topological polar surface area (TPSA) is 92.9 Å². The lowest BCUT2D eigenvalue weighted by molar-refractivity contribution is 0.0852. The molecule has 0 saturated heterocycles. The van der Waals surface area contributed by atoms with Gasteiger partial charge in [0.15, 0.2) is 5.78 Å². The summed E-state index contributed by atoms with van der Waals surface area (Å²) in [5.74, 6) is -0.133. The maximum Gasteiger partial charge on any atom is 0.177 e. The third kappa shape index (κ3) is 5.45. The number of azide groups is 1. The first-order valence-electron chi connectivity index (χ1n) is 9.07. The summed E-state index contributed by atoms with van der Waals surface area (Å²) in [7, 11) is 0. The van der Waals surface area contributed by atoms with Gasteiger partial charge in [-0.1, -0.05) is 59.2 Å². The monoisotopic (exact) mass is 409 g/mol. The second kappa shape index (κ2) is 9.89. The van der Waals surface area contributed by atoms with Crippen LogP contribution in [0.1, 0.15) is 29.0 Å². The van der Waals surface area contributed by atoms with Gasteiger partial charge in [0.05, 0.1) is 31.5 Å². The number of carbonyl (C=O) groups is 1. The molecule has 1 aromatic heterocycles. The number of ether oxygens (including phenoxy) is 1. The van der Waals surface area contributed by atoms with Gasteiger partial charge in [-0.15, -0.1) is 0 Å². The van der Waals surface area contributed by atoms with Crippen molar-refractivity contribution < 1.29 is 9.53 Å². The summed E-state index contributed by atoms with van der Waals surface area (Å²) in [6.07, 6.45) is 0. The van der Waals surface area contributed by atoms with E-state index in [4.69, 9.17) is 21.9 Å². The molecule has 0 bridgehead atoms. The molecule has 0 spiro atoms. The Kier molecular flexibility index (Phi) is 7.03. The van der Waals surface area contributed by atoms with E-state index in [1.54, 1.807) is 22.9 Å². The minimum absolute atomic E-state index is 0.118. The van der Waals surface area contributed by atoms with Crippen LogP contribution in [0.25, 0.3) is 21.7 Å². The minimum Gasteiger partial charge on any atom is -0.375 e. The van der Waals surface area contributed by atoms with Crippen LogP contribution in [0.5, 0.6) is 0 Å². The Hall–Kier alpha value is -3.12. The molecule has 1 heterocycles. The number of ketones is 1. The Balaban J connectivity index is 1.86. The number of aromatic nitrogens is 2. The Bertz CT molecular complexity index is 1010. The van der Waals surface area contributed by atoms with Crippen LogP contribution in [-0.2, 0) is 11.3 Å². The maximum atomic E-state index is 12.2. The largest absolute Gasteiger partial charge is 0.375 e. The zero-order valence-corrected chi connectivity index (χ0v) is 16.7. The second-order valence-corrected chi connectivity index (χ2v) is 6.93. The van der Waals surface area contributed by atoms with E-state index in [-0.39, 0.29) is 18.9 Å². The van der Waals surface area contributed by atoms with E-state index in [1.807, 2.05) is 42.5 Å². The average Bonchev–Trinajstić information content (AvgIpc) is 3.17. The third-order valence-corrected chi connectivity index (χ3v) is 4.61. The van der Waals surface area contributed by atoms with E-state index in [9.17, 15) is 4.79 Å². The highest BCUT2D eigenvalue weighted by atomic mass is 35.5. The lowest BCUT2D eigenvalue weighted by Crippen LogP contribution is -2.23. The van der Waals surface area contributed by atoms with Crippen molar-refractivity contribution in [1.29, 1.82) is 0 Å². The fourth-order valence-electron chi connectivity index (χ4n) is 2.92. The predicted octanol–water partition coefficient (Wildman–Crippen LogP) is 5.47. The Morgan fingerprint density at radius 2 is 1.97 bits per heavy atom. The van der Waals surface area contributed by atoms with E-state index in [2.05, 4.69) is 15.1 Å². The van der Waals surface area contributed by atoms with Gasteiger partial charge < -0.3 is 4.74 Å². The van der Waals surface area contributed by atoms with Crippen molar-refractivity contribution >= 4 is 17.4 Å². The number of hydrogen-bond acceptors (Lipinski definition) is 4. The van der Waals surface area contributed by atoms with Gasteiger partial charge in [0.25, 0.3) is 0 Å². The Morgan fingerprint density at radius 3 is 2.62 bits per heavy atom. The van der Waals surface area contributed by atoms with Gasteiger partial charge in [0.1, 0.15) is 5.69 Å². The number of hydrogen-bond donors (Lipinski definition) is 0. The molecule has 0 saturated carbocycles. The van der Waals surface area contributed by atoms with E-state index < -0.39 is 6.04 Å². The van der Waals surface area contributed by atoms with Crippen molar-refractivity contribution in [3.05, 3.63) is 87.4 Å². The lowest BCUT2D eigenvalue weighted by atomic mass is 10.1. The van der Waals surface area contributed by atoms with Crippen LogP contribution in [0.4, 0.5) is 0 Å². The molecular formula is C21H20ClN5O2. The molecule has 1 unspecified atom stereocenters. The Labute approximate surface area is 173 Å². The van der Waals surface area contributed by atoms with Crippen LogP contribution in [0.3, 0.4) is 0 Å². The van der Waals surface area contributed by atoms with Crippen LogP contribution >= 0.6 is 11.6 Å². The number of benzene rings is 2. The van der Waals surface area contributed by atoms with Crippen molar-refractivity contribution in [3.63, 3.8) is 0 Å². The lowest BCUT2D eigenvalue weighted by Gasteiger charge is -2.18. The molecule has 3 aromatic rings. The highest BCUT2D eigenvalue weighted by molar-refractivity contribution is 6.30. The zero-order valence-electron chi connectivity index (χ0n) is 15.9. The first kappa shape index (κ1) is 20.6. The number of rotatable bonds is 9. The molecule has 29 heavy (non-hydrogen) atoms. The maximum absolute atomic E-state index is 12.2. The van der Waals surface area contributed by atoms with Crippen molar-refractivity contribution in [3.8, 4) is 11.3 Å². The van der Waals surface area contributed by atoms with E-state index in [1.165, 1.54) is 6.92 Å². The number of halogens is 1. The second-order valence-electron chi connectivity index (χ2n) is 6.49. The predicted molar refractivity (Wildman–Crippen MR) is 112 cm³/mol.